The number of hydrogen-bond acceptors (Lipinski definition) is 5. The van der Waals surface area contributed by atoms with Crippen molar-refractivity contribution in [3.8, 4) is 5.88 Å². The number of halogens is 2. The monoisotopic (exact) mass is 335 g/mol. The maximum absolute atomic E-state index is 13.6. The Labute approximate surface area is 136 Å². The quantitative estimate of drug-likeness (QED) is 0.847. The fraction of sp³-hybridized carbons (Fsp3) is 0.375. The molecule has 0 spiro atoms. The van der Waals surface area contributed by atoms with Crippen molar-refractivity contribution in [3.63, 3.8) is 0 Å². The summed E-state index contributed by atoms with van der Waals surface area (Å²) in [4.78, 5) is 18.2. The zero-order chi connectivity index (χ0) is 16.7. The molecule has 0 saturated carbocycles. The Kier molecular flexibility index (Phi) is 3.68. The van der Waals surface area contributed by atoms with Gasteiger partial charge in [-0.1, -0.05) is 0 Å². The number of rotatable bonds is 3. The molecule has 0 radical (unpaired) electrons. The number of hydrogen-bond donors (Lipinski definition) is 0. The first-order chi connectivity index (χ1) is 11.6. The van der Waals surface area contributed by atoms with Crippen molar-refractivity contribution in [2.75, 3.05) is 24.7 Å². The van der Waals surface area contributed by atoms with E-state index < -0.39 is 17.3 Å². The zero-order valence-electron chi connectivity index (χ0n) is 12.7. The topological polar surface area (TPSA) is 56.6 Å². The van der Waals surface area contributed by atoms with Crippen LogP contribution in [0.1, 0.15) is 5.56 Å². The minimum atomic E-state index is -0.693. The summed E-state index contributed by atoms with van der Waals surface area (Å²) in [6, 6.07) is 5.06. The molecule has 2 aliphatic heterocycles. The van der Waals surface area contributed by atoms with E-state index >= 15 is 0 Å². The largest absolute Gasteiger partial charge is 0.472 e. The van der Waals surface area contributed by atoms with Crippen LogP contribution in [0.5, 0.6) is 5.88 Å². The first-order valence-corrected chi connectivity index (χ1v) is 7.65. The molecule has 4 rings (SSSR count). The summed E-state index contributed by atoms with van der Waals surface area (Å²) >= 11 is 0. The fourth-order valence-corrected chi connectivity index (χ4v) is 3.07. The van der Waals surface area contributed by atoms with Gasteiger partial charge in [0.05, 0.1) is 25.8 Å². The molecule has 3 heterocycles. The Morgan fingerprint density at radius 1 is 1.33 bits per heavy atom. The molecule has 0 N–H and O–H groups in total. The van der Waals surface area contributed by atoms with E-state index in [1.54, 1.807) is 10.6 Å². The summed E-state index contributed by atoms with van der Waals surface area (Å²) in [5.41, 5.74) is -0.209. The van der Waals surface area contributed by atoms with Gasteiger partial charge >= 0.3 is 5.69 Å². The van der Waals surface area contributed by atoms with E-state index in [9.17, 15) is 13.6 Å². The van der Waals surface area contributed by atoms with E-state index in [1.165, 1.54) is 6.07 Å². The smallest absolute Gasteiger partial charge is 0.352 e. The van der Waals surface area contributed by atoms with Gasteiger partial charge in [-0.3, -0.25) is 4.57 Å². The lowest BCUT2D eigenvalue weighted by Crippen LogP contribution is -2.43. The summed E-state index contributed by atoms with van der Waals surface area (Å²) in [5.74, 6) is -0.482. The van der Waals surface area contributed by atoms with Crippen molar-refractivity contribution >= 4 is 5.82 Å². The van der Waals surface area contributed by atoms with Crippen LogP contribution in [0.2, 0.25) is 0 Å². The highest BCUT2D eigenvalue weighted by Gasteiger charge is 2.33. The van der Waals surface area contributed by atoms with Crippen LogP contribution < -0.4 is 15.3 Å². The lowest BCUT2D eigenvalue weighted by Gasteiger charge is -2.30. The average molecular weight is 335 g/mol. The highest BCUT2D eigenvalue weighted by Crippen LogP contribution is 2.28. The van der Waals surface area contributed by atoms with Crippen molar-refractivity contribution in [2.45, 2.75) is 19.2 Å². The van der Waals surface area contributed by atoms with E-state index in [-0.39, 0.29) is 24.1 Å². The van der Waals surface area contributed by atoms with Crippen molar-refractivity contribution in [3.05, 3.63) is 51.9 Å². The van der Waals surface area contributed by atoms with E-state index in [0.717, 1.165) is 18.0 Å². The maximum atomic E-state index is 13.6. The van der Waals surface area contributed by atoms with Gasteiger partial charge in [-0.15, -0.1) is 0 Å². The third kappa shape index (κ3) is 2.62. The molecular formula is C16H15F2N3O3. The van der Waals surface area contributed by atoms with Crippen LogP contribution in [0.4, 0.5) is 14.6 Å². The second kappa shape index (κ2) is 5.86. The van der Waals surface area contributed by atoms with Gasteiger partial charge in [0, 0.05) is 24.2 Å². The molecule has 0 bridgehead atoms. The third-order valence-electron chi connectivity index (χ3n) is 4.27. The zero-order valence-corrected chi connectivity index (χ0v) is 12.7. The molecule has 0 unspecified atom stereocenters. The fourth-order valence-electron chi connectivity index (χ4n) is 3.07. The highest BCUT2D eigenvalue weighted by atomic mass is 19.1. The van der Waals surface area contributed by atoms with Crippen LogP contribution in [0.15, 0.2) is 29.1 Å². The molecule has 1 saturated heterocycles. The first-order valence-electron chi connectivity index (χ1n) is 7.65. The van der Waals surface area contributed by atoms with Crippen molar-refractivity contribution in [1.82, 2.24) is 9.55 Å². The van der Waals surface area contributed by atoms with Crippen LogP contribution in [-0.4, -0.2) is 35.4 Å². The lowest BCUT2D eigenvalue weighted by atomic mass is 10.2. The standard InChI is InChI=1S/C16H15F2N3O3/c17-11-2-1-10(13(18)5-11)8-24-14-6-15-20-3-4-23-9-12(20)7-21(15)16(22)19-14/h1-2,5-6,12H,3-4,7-9H2/t12-/m1/s1. The summed E-state index contributed by atoms with van der Waals surface area (Å²) in [6.45, 7) is 2.27. The van der Waals surface area contributed by atoms with Crippen molar-refractivity contribution in [1.29, 1.82) is 0 Å². The molecule has 2 aromatic rings. The summed E-state index contributed by atoms with van der Waals surface area (Å²) in [7, 11) is 0. The summed E-state index contributed by atoms with van der Waals surface area (Å²) in [6.07, 6.45) is 0. The molecule has 1 fully saturated rings. The molecule has 0 aliphatic carbocycles. The SMILES string of the molecule is O=c1nc(OCc2ccc(F)cc2F)cc2n1C[C@@H]1COCCN21. The Hall–Kier alpha value is -2.48. The Balaban J connectivity index is 1.57. The van der Waals surface area contributed by atoms with Gasteiger partial charge in [0.1, 0.15) is 24.1 Å². The van der Waals surface area contributed by atoms with E-state index in [1.807, 2.05) is 0 Å². The number of ether oxygens (including phenoxy) is 2. The molecule has 1 aromatic heterocycles. The van der Waals surface area contributed by atoms with E-state index in [0.29, 0.717) is 26.3 Å². The first kappa shape index (κ1) is 15.1. The van der Waals surface area contributed by atoms with Crippen molar-refractivity contribution in [2.24, 2.45) is 0 Å². The predicted molar refractivity (Wildman–Crippen MR) is 81.1 cm³/mol. The highest BCUT2D eigenvalue weighted by molar-refractivity contribution is 5.47. The Morgan fingerprint density at radius 3 is 3.04 bits per heavy atom. The van der Waals surface area contributed by atoms with Crippen LogP contribution >= 0.6 is 0 Å². The number of nitrogens with zero attached hydrogens (tertiary/aromatic N) is 3. The Bertz CT molecular complexity index is 840. The van der Waals surface area contributed by atoms with Crippen LogP contribution in [0, 0.1) is 11.6 Å². The summed E-state index contributed by atoms with van der Waals surface area (Å²) < 4.78 is 39.0. The van der Waals surface area contributed by atoms with Gasteiger partial charge in [0.2, 0.25) is 5.88 Å². The van der Waals surface area contributed by atoms with Gasteiger partial charge in [-0.25, -0.2) is 13.6 Å². The normalized spacial score (nSPS) is 19.1. The van der Waals surface area contributed by atoms with E-state index in [2.05, 4.69) is 9.88 Å². The predicted octanol–water partition coefficient (Wildman–Crippen LogP) is 1.32. The minimum Gasteiger partial charge on any atom is -0.472 e. The Morgan fingerprint density at radius 2 is 2.21 bits per heavy atom. The maximum Gasteiger partial charge on any atom is 0.352 e. The second-order valence-electron chi connectivity index (χ2n) is 5.79. The molecule has 126 valence electrons. The van der Waals surface area contributed by atoms with Crippen molar-refractivity contribution < 1.29 is 18.3 Å². The molecule has 1 aromatic carbocycles. The van der Waals surface area contributed by atoms with Crippen LogP contribution in [0.25, 0.3) is 0 Å². The number of benzene rings is 1. The number of morpholine rings is 1. The van der Waals surface area contributed by atoms with Crippen LogP contribution in [-0.2, 0) is 17.9 Å². The van der Waals surface area contributed by atoms with E-state index in [4.69, 9.17) is 9.47 Å². The molecule has 0 amide bonds. The van der Waals surface area contributed by atoms with Gasteiger partial charge < -0.3 is 14.4 Å². The summed E-state index contributed by atoms with van der Waals surface area (Å²) in [5, 5.41) is 0. The number of anilines is 1. The molecule has 1 atom stereocenters. The molecule has 2 aliphatic rings. The lowest BCUT2D eigenvalue weighted by molar-refractivity contribution is 0.0956. The van der Waals surface area contributed by atoms with Gasteiger partial charge in [0.15, 0.2) is 0 Å². The van der Waals surface area contributed by atoms with Gasteiger partial charge in [0.25, 0.3) is 0 Å². The molecular weight excluding hydrogens is 320 g/mol. The average Bonchev–Trinajstić information content (AvgIpc) is 2.94. The molecule has 6 nitrogen and oxygen atoms in total. The number of aromatic nitrogens is 2. The minimum absolute atomic E-state index is 0.123. The van der Waals surface area contributed by atoms with Gasteiger partial charge in [-0.05, 0) is 12.1 Å². The van der Waals surface area contributed by atoms with Gasteiger partial charge in [-0.2, -0.15) is 4.98 Å². The second-order valence-corrected chi connectivity index (χ2v) is 5.79. The molecule has 24 heavy (non-hydrogen) atoms. The number of fused-ring (bicyclic) bond motifs is 3. The van der Waals surface area contributed by atoms with Crippen LogP contribution in [0.3, 0.4) is 0 Å². The molecule has 8 heteroatoms. The third-order valence-corrected chi connectivity index (χ3v) is 4.27.